The van der Waals surface area contributed by atoms with Crippen molar-refractivity contribution >= 4 is 26.0 Å². The Morgan fingerprint density at radius 1 is 1.00 bits per heavy atom. The van der Waals surface area contributed by atoms with Crippen molar-refractivity contribution in [2.45, 2.75) is 40.5 Å². The normalized spacial score (nSPS) is 12.2. The number of hydrogen-bond donors (Lipinski definition) is 1. The zero-order valence-corrected chi connectivity index (χ0v) is 17.8. The molecule has 0 heterocycles. The zero-order chi connectivity index (χ0) is 18.8. The van der Waals surface area contributed by atoms with Crippen molar-refractivity contribution in [2.24, 2.45) is 0 Å². The fourth-order valence-corrected chi connectivity index (χ4v) is 5.68. The second-order valence-electron chi connectivity index (χ2n) is 5.43. The van der Waals surface area contributed by atoms with Gasteiger partial charge in [0.2, 0.25) is 20.0 Å². The first-order chi connectivity index (χ1) is 11.1. The van der Waals surface area contributed by atoms with E-state index < -0.39 is 38.3 Å². The Morgan fingerprint density at radius 2 is 1.56 bits per heavy atom. The fourth-order valence-electron chi connectivity index (χ4n) is 2.01. The van der Waals surface area contributed by atoms with Crippen LogP contribution in [0.1, 0.15) is 40.5 Å². The third-order valence-corrected chi connectivity index (χ3v) is 8.11. The third-order valence-electron chi connectivity index (χ3n) is 3.72. The van der Waals surface area contributed by atoms with E-state index in [2.05, 4.69) is 0 Å². The molecular formula is C14H31ClN2O6S2. The molecule has 152 valence electrons. The van der Waals surface area contributed by atoms with Crippen LogP contribution in [0.25, 0.3) is 0 Å². The SMILES string of the molecule is CCCCS(=O)(=O)N(CC(=O)OCC[NH+](CC)CC)S(=O)(=O)CC.[Cl-]. The smallest absolute Gasteiger partial charge is 0.322 e. The Hall–Kier alpha value is -0.420. The van der Waals surface area contributed by atoms with Crippen LogP contribution in [0.2, 0.25) is 0 Å². The number of unbranched alkanes of at least 4 members (excludes halogenated alkanes) is 1. The minimum atomic E-state index is -4.06. The van der Waals surface area contributed by atoms with Crippen molar-refractivity contribution in [3.8, 4) is 0 Å². The van der Waals surface area contributed by atoms with E-state index in [1.54, 1.807) is 6.92 Å². The largest absolute Gasteiger partial charge is 1.00 e. The molecule has 0 aromatic carbocycles. The van der Waals surface area contributed by atoms with E-state index >= 15 is 0 Å². The number of nitrogens with one attached hydrogen (secondary N) is 1. The number of quaternary nitrogens is 1. The molecule has 0 amide bonds. The fraction of sp³-hybridized carbons (Fsp3) is 0.929. The summed E-state index contributed by atoms with van der Waals surface area (Å²) < 4.78 is 53.9. The van der Waals surface area contributed by atoms with Gasteiger partial charge in [-0.05, 0) is 27.2 Å². The molecule has 0 unspecified atom stereocenters. The Balaban J connectivity index is 0. The van der Waals surface area contributed by atoms with Gasteiger partial charge in [-0.1, -0.05) is 17.1 Å². The molecule has 0 bridgehead atoms. The van der Waals surface area contributed by atoms with Crippen LogP contribution in [0.5, 0.6) is 0 Å². The van der Waals surface area contributed by atoms with Gasteiger partial charge in [-0.2, -0.15) is 0 Å². The van der Waals surface area contributed by atoms with Gasteiger partial charge in [0.1, 0.15) is 19.7 Å². The molecule has 0 aliphatic carbocycles. The van der Waals surface area contributed by atoms with Crippen LogP contribution in [0.3, 0.4) is 0 Å². The summed E-state index contributed by atoms with van der Waals surface area (Å²) in [7, 11) is -8.12. The first kappa shape index (κ1) is 26.8. The Bertz CT molecular complexity index is 576. The van der Waals surface area contributed by atoms with Gasteiger partial charge in [0.05, 0.1) is 24.6 Å². The van der Waals surface area contributed by atoms with Crippen molar-refractivity contribution in [2.75, 3.05) is 44.3 Å². The lowest BCUT2D eigenvalue weighted by atomic mass is 10.4. The number of halogens is 1. The van der Waals surface area contributed by atoms with Gasteiger partial charge in [0.25, 0.3) is 0 Å². The van der Waals surface area contributed by atoms with Gasteiger partial charge < -0.3 is 22.0 Å². The van der Waals surface area contributed by atoms with Crippen LogP contribution >= 0.6 is 0 Å². The highest BCUT2D eigenvalue weighted by molar-refractivity contribution is 8.04. The summed E-state index contributed by atoms with van der Waals surface area (Å²) in [5, 5.41) is 0. The maximum Gasteiger partial charge on any atom is 0.322 e. The molecule has 0 aliphatic rings. The molecule has 1 N–H and O–H groups in total. The minimum Gasteiger partial charge on any atom is -1.00 e. The second-order valence-corrected chi connectivity index (χ2v) is 9.85. The highest BCUT2D eigenvalue weighted by atomic mass is 35.5. The van der Waals surface area contributed by atoms with Gasteiger partial charge in [-0.25, -0.2) is 16.8 Å². The predicted molar refractivity (Wildman–Crippen MR) is 92.7 cm³/mol. The number of esters is 1. The minimum absolute atomic E-state index is 0. The molecule has 0 aliphatic heterocycles. The summed E-state index contributed by atoms with van der Waals surface area (Å²) in [6, 6.07) is 0. The van der Waals surface area contributed by atoms with Gasteiger partial charge in [0, 0.05) is 0 Å². The number of carbonyl (C=O) groups is 1. The zero-order valence-electron chi connectivity index (χ0n) is 15.5. The highest BCUT2D eigenvalue weighted by Gasteiger charge is 2.34. The second kappa shape index (κ2) is 12.9. The van der Waals surface area contributed by atoms with Crippen molar-refractivity contribution < 1.29 is 43.7 Å². The molecular weight excluding hydrogens is 392 g/mol. The van der Waals surface area contributed by atoms with Crippen LogP contribution < -0.4 is 17.3 Å². The highest BCUT2D eigenvalue weighted by Crippen LogP contribution is 2.12. The number of ether oxygens (including phenoxy) is 1. The molecule has 0 atom stereocenters. The van der Waals surface area contributed by atoms with Gasteiger partial charge in [0.15, 0.2) is 0 Å². The van der Waals surface area contributed by atoms with Crippen LogP contribution in [-0.4, -0.2) is 70.8 Å². The Kier molecular flexibility index (Phi) is 13.8. The molecule has 0 spiro atoms. The van der Waals surface area contributed by atoms with Crippen molar-refractivity contribution in [1.82, 2.24) is 3.71 Å². The maximum atomic E-state index is 12.2. The number of likely N-dealkylation sites (N-methyl/N-ethyl adjacent to an activating group) is 1. The lowest BCUT2D eigenvalue weighted by Gasteiger charge is -2.21. The van der Waals surface area contributed by atoms with Crippen molar-refractivity contribution in [3.63, 3.8) is 0 Å². The van der Waals surface area contributed by atoms with E-state index in [4.69, 9.17) is 4.74 Å². The predicted octanol–water partition coefficient (Wildman–Crippen LogP) is -3.76. The number of hydrogen-bond acceptors (Lipinski definition) is 6. The van der Waals surface area contributed by atoms with Crippen LogP contribution in [0.15, 0.2) is 0 Å². The molecule has 0 radical (unpaired) electrons. The van der Waals surface area contributed by atoms with E-state index in [1.165, 1.54) is 11.8 Å². The van der Waals surface area contributed by atoms with Gasteiger partial charge >= 0.3 is 5.97 Å². The maximum absolute atomic E-state index is 12.2. The van der Waals surface area contributed by atoms with E-state index in [1.807, 2.05) is 13.8 Å². The van der Waals surface area contributed by atoms with Crippen molar-refractivity contribution in [3.05, 3.63) is 0 Å². The number of sulfonamides is 2. The quantitative estimate of drug-likeness (QED) is 0.306. The molecule has 0 saturated carbocycles. The van der Waals surface area contributed by atoms with E-state index in [9.17, 15) is 21.6 Å². The molecule has 0 rings (SSSR count). The topological polar surface area (TPSA) is 102 Å². The number of rotatable bonds is 13. The summed E-state index contributed by atoms with van der Waals surface area (Å²) in [6.07, 6.45) is 0.939. The molecule has 11 heteroatoms. The lowest BCUT2D eigenvalue weighted by molar-refractivity contribution is -0.896. The lowest BCUT2D eigenvalue weighted by Crippen LogP contribution is -3.11. The average molecular weight is 423 g/mol. The number of carbonyl (C=O) groups excluding carboxylic acids is 1. The molecule has 8 nitrogen and oxygen atoms in total. The summed E-state index contributed by atoms with van der Waals surface area (Å²) >= 11 is 0. The molecule has 0 aromatic heterocycles. The molecule has 0 aromatic rings. The Labute approximate surface area is 158 Å². The standard InChI is InChI=1S/C14H30N2O6S2.ClH/c1-5-9-12-24(20,21)16(23(18,19)8-4)13-14(17)22-11-10-15(6-2)7-3;/h5-13H2,1-4H3;1H. The summed E-state index contributed by atoms with van der Waals surface area (Å²) in [4.78, 5) is 13.1. The van der Waals surface area contributed by atoms with Crippen molar-refractivity contribution in [1.29, 1.82) is 0 Å². The monoisotopic (exact) mass is 422 g/mol. The van der Waals surface area contributed by atoms with Gasteiger partial charge in [-0.3, -0.25) is 4.79 Å². The van der Waals surface area contributed by atoms with Gasteiger partial charge in [-0.15, -0.1) is 0 Å². The Morgan fingerprint density at radius 3 is 2.00 bits per heavy atom. The third kappa shape index (κ3) is 9.74. The van der Waals surface area contributed by atoms with Crippen LogP contribution in [-0.2, 0) is 29.6 Å². The summed E-state index contributed by atoms with van der Waals surface area (Å²) in [6.45, 7) is 8.87. The molecule has 0 saturated heterocycles. The first-order valence-electron chi connectivity index (χ1n) is 8.36. The first-order valence-corrected chi connectivity index (χ1v) is 11.6. The summed E-state index contributed by atoms with van der Waals surface area (Å²) in [5.74, 6) is -1.55. The van der Waals surface area contributed by atoms with Crippen LogP contribution in [0.4, 0.5) is 0 Å². The summed E-state index contributed by atoms with van der Waals surface area (Å²) in [5.41, 5.74) is 0. The average Bonchev–Trinajstić information content (AvgIpc) is 2.54. The molecule has 0 fully saturated rings. The van der Waals surface area contributed by atoms with E-state index in [-0.39, 0.29) is 24.8 Å². The van der Waals surface area contributed by atoms with Crippen LogP contribution in [0, 0.1) is 0 Å². The molecule has 25 heavy (non-hydrogen) atoms. The van der Waals surface area contributed by atoms with E-state index in [0.717, 1.165) is 13.1 Å². The van der Waals surface area contributed by atoms with E-state index in [0.29, 0.717) is 23.1 Å². The number of nitrogens with zero attached hydrogens (tertiary/aromatic N) is 1.